The van der Waals surface area contributed by atoms with Crippen LogP contribution in [0, 0.1) is 5.92 Å². The first-order chi connectivity index (χ1) is 8.61. The largest absolute Gasteiger partial charge is 0.480 e. The lowest BCUT2D eigenvalue weighted by atomic mass is 9.89. The Hall–Kier alpha value is -1.29. The van der Waals surface area contributed by atoms with Gasteiger partial charge < -0.3 is 15.0 Å². The summed E-state index contributed by atoms with van der Waals surface area (Å²) in [5, 5.41) is 3.59. The molecular formula is C14H23N3O. The molecule has 2 rings (SSSR count). The zero-order chi connectivity index (χ0) is 13.1. The van der Waals surface area contributed by atoms with Gasteiger partial charge in [-0.05, 0) is 38.4 Å². The molecule has 0 saturated carbocycles. The van der Waals surface area contributed by atoms with Crippen molar-refractivity contribution in [2.75, 3.05) is 26.0 Å². The van der Waals surface area contributed by atoms with Crippen molar-refractivity contribution in [2.24, 2.45) is 5.92 Å². The number of pyridine rings is 1. The predicted octanol–water partition coefficient (Wildman–Crippen LogP) is 2.23. The lowest BCUT2D eigenvalue weighted by Gasteiger charge is -2.40. The summed E-state index contributed by atoms with van der Waals surface area (Å²) < 4.78 is 5.29. The van der Waals surface area contributed by atoms with E-state index in [4.69, 9.17) is 4.74 Å². The fourth-order valence-corrected chi connectivity index (χ4v) is 2.61. The standard InChI is InChI=1S/C14H23N3O/c1-10-9-17(3)11(2)8-13(10)16-12-6-5-7-15-14(12)18-4/h5-7,10-11,13,16H,8-9H2,1-4H3. The molecule has 0 bridgehead atoms. The first-order valence-corrected chi connectivity index (χ1v) is 6.57. The van der Waals surface area contributed by atoms with Gasteiger partial charge in [0.1, 0.15) is 0 Å². The summed E-state index contributed by atoms with van der Waals surface area (Å²) >= 11 is 0. The van der Waals surface area contributed by atoms with E-state index in [0.717, 1.165) is 18.7 Å². The molecule has 0 radical (unpaired) electrons. The third-order valence-electron chi connectivity index (χ3n) is 3.92. The van der Waals surface area contributed by atoms with Crippen molar-refractivity contribution in [3.63, 3.8) is 0 Å². The number of hydrogen-bond donors (Lipinski definition) is 1. The number of rotatable bonds is 3. The maximum atomic E-state index is 5.29. The average molecular weight is 249 g/mol. The van der Waals surface area contributed by atoms with Crippen molar-refractivity contribution in [1.82, 2.24) is 9.88 Å². The van der Waals surface area contributed by atoms with Gasteiger partial charge in [-0.1, -0.05) is 6.92 Å². The van der Waals surface area contributed by atoms with E-state index in [-0.39, 0.29) is 0 Å². The number of nitrogens with zero attached hydrogens (tertiary/aromatic N) is 2. The molecule has 0 spiro atoms. The average Bonchev–Trinajstić information content (AvgIpc) is 2.36. The van der Waals surface area contributed by atoms with Gasteiger partial charge in [0, 0.05) is 24.8 Å². The van der Waals surface area contributed by atoms with E-state index in [9.17, 15) is 0 Å². The molecule has 1 aliphatic heterocycles. The molecule has 18 heavy (non-hydrogen) atoms. The number of methoxy groups -OCH3 is 1. The van der Waals surface area contributed by atoms with Gasteiger partial charge in [0.25, 0.3) is 0 Å². The number of piperidine rings is 1. The Kier molecular flexibility index (Phi) is 4.07. The highest BCUT2D eigenvalue weighted by Crippen LogP contribution is 2.27. The zero-order valence-corrected chi connectivity index (χ0v) is 11.7. The van der Waals surface area contributed by atoms with Crippen LogP contribution in [0.15, 0.2) is 18.3 Å². The second-order valence-electron chi connectivity index (χ2n) is 5.31. The van der Waals surface area contributed by atoms with E-state index in [1.54, 1.807) is 13.3 Å². The predicted molar refractivity (Wildman–Crippen MR) is 74.1 cm³/mol. The summed E-state index contributed by atoms with van der Waals surface area (Å²) in [5.41, 5.74) is 0.994. The molecule has 4 heteroatoms. The van der Waals surface area contributed by atoms with Gasteiger partial charge in [0.15, 0.2) is 0 Å². The van der Waals surface area contributed by atoms with Gasteiger partial charge in [-0.3, -0.25) is 0 Å². The Balaban J connectivity index is 2.08. The Morgan fingerprint density at radius 1 is 1.44 bits per heavy atom. The topological polar surface area (TPSA) is 37.4 Å². The number of aromatic nitrogens is 1. The maximum Gasteiger partial charge on any atom is 0.237 e. The lowest BCUT2D eigenvalue weighted by Crippen LogP contribution is -2.48. The highest BCUT2D eigenvalue weighted by molar-refractivity contribution is 5.52. The van der Waals surface area contributed by atoms with Crippen molar-refractivity contribution in [1.29, 1.82) is 0 Å². The fraction of sp³-hybridized carbons (Fsp3) is 0.643. The third-order valence-corrected chi connectivity index (χ3v) is 3.92. The van der Waals surface area contributed by atoms with Crippen LogP contribution in [0.25, 0.3) is 0 Å². The van der Waals surface area contributed by atoms with E-state index >= 15 is 0 Å². The number of anilines is 1. The molecule has 100 valence electrons. The molecule has 0 amide bonds. The van der Waals surface area contributed by atoms with Crippen LogP contribution in [-0.4, -0.2) is 42.7 Å². The van der Waals surface area contributed by atoms with Crippen LogP contribution in [0.1, 0.15) is 20.3 Å². The molecule has 0 aliphatic carbocycles. The van der Waals surface area contributed by atoms with Crippen molar-refractivity contribution in [2.45, 2.75) is 32.4 Å². The Bertz CT molecular complexity index is 396. The number of hydrogen-bond acceptors (Lipinski definition) is 4. The zero-order valence-electron chi connectivity index (χ0n) is 11.7. The number of nitrogens with one attached hydrogen (secondary N) is 1. The van der Waals surface area contributed by atoms with Crippen LogP contribution in [0.3, 0.4) is 0 Å². The molecule has 1 aromatic heterocycles. The molecule has 3 unspecified atom stereocenters. The van der Waals surface area contributed by atoms with E-state index in [1.807, 2.05) is 12.1 Å². The SMILES string of the molecule is COc1ncccc1NC1CC(C)N(C)CC1C. The summed E-state index contributed by atoms with van der Waals surface area (Å²) in [6, 6.07) is 5.06. The molecular weight excluding hydrogens is 226 g/mol. The molecule has 1 fully saturated rings. The molecule has 1 aliphatic rings. The minimum absolute atomic E-state index is 0.481. The van der Waals surface area contributed by atoms with Crippen LogP contribution in [0.5, 0.6) is 5.88 Å². The van der Waals surface area contributed by atoms with Crippen molar-refractivity contribution in [3.8, 4) is 5.88 Å². The van der Waals surface area contributed by atoms with Crippen LogP contribution < -0.4 is 10.1 Å². The number of likely N-dealkylation sites (tertiary alicyclic amines) is 1. The minimum Gasteiger partial charge on any atom is -0.480 e. The number of ether oxygens (including phenoxy) is 1. The van der Waals surface area contributed by atoms with E-state index in [0.29, 0.717) is 23.9 Å². The van der Waals surface area contributed by atoms with Gasteiger partial charge in [-0.25, -0.2) is 4.98 Å². The smallest absolute Gasteiger partial charge is 0.237 e. The van der Waals surface area contributed by atoms with E-state index in [1.165, 1.54) is 0 Å². The van der Waals surface area contributed by atoms with Crippen LogP contribution in [-0.2, 0) is 0 Å². The van der Waals surface area contributed by atoms with Crippen molar-refractivity contribution < 1.29 is 4.74 Å². The highest BCUT2D eigenvalue weighted by atomic mass is 16.5. The Morgan fingerprint density at radius 3 is 2.94 bits per heavy atom. The van der Waals surface area contributed by atoms with Gasteiger partial charge >= 0.3 is 0 Å². The molecule has 0 aromatic carbocycles. The van der Waals surface area contributed by atoms with Gasteiger partial charge in [-0.2, -0.15) is 0 Å². The summed E-state index contributed by atoms with van der Waals surface area (Å²) in [5.74, 6) is 1.30. The monoisotopic (exact) mass is 249 g/mol. The summed E-state index contributed by atoms with van der Waals surface area (Å²) in [7, 11) is 3.86. The Morgan fingerprint density at radius 2 is 2.22 bits per heavy atom. The van der Waals surface area contributed by atoms with Gasteiger partial charge in [0.05, 0.1) is 12.8 Å². The molecule has 1 saturated heterocycles. The van der Waals surface area contributed by atoms with E-state index in [2.05, 4.69) is 36.1 Å². The quantitative estimate of drug-likeness (QED) is 0.891. The summed E-state index contributed by atoms with van der Waals surface area (Å²) in [6.45, 7) is 5.70. The fourth-order valence-electron chi connectivity index (χ4n) is 2.61. The maximum absolute atomic E-state index is 5.29. The third kappa shape index (κ3) is 2.75. The second-order valence-corrected chi connectivity index (χ2v) is 5.31. The van der Waals surface area contributed by atoms with Crippen LogP contribution in [0.4, 0.5) is 5.69 Å². The molecule has 4 nitrogen and oxygen atoms in total. The van der Waals surface area contributed by atoms with Crippen molar-refractivity contribution >= 4 is 5.69 Å². The molecule has 1 aromatic rings. The first-order valence-electron chi connectivity index (χ1n) is 6.57. The second kappa shape index (κ2) is 5.57. The van der Waals surface area contributed by atoms with Crippen molar-refractivity contribution in [3.05, 3.63) is 18.3 Å². The summed E-state index contributed by atoms with van der Waals surface area (Å²) in [6.07, 6.45) is 2.90. The molecule has 3 atom stereocenters. The molecule has 1 N–H and O–H groups in total. The normalized spacial score (nSPS) is 29.0. The minimum atomic E-state index is 0.481. The first kappa shape index (κ1) is 13.1. The van der Waals surface area contributed by atoms with Crippen LogP contribution >= 0.6 is 0 Å². The molecule has 2 heterocycles. The highest BCUT2D eigenvalue weighted by Gasteiger charge is 2.29. The van der Waals surface area contributed by atoms with Crippen LogP contribution in [0.2, 0.25) is 0 Å². The summed E-state index contributed by atoms with van der Waals surface area (Å²) in [4.78, 5) is 6.65. The van der Waals surface area contributed by atoms with E-state index < -0.39 is 0 Å². The van der Waals surface area contributed by atoms with Gasteiger partial charge in [-0.15, -0.1) is 0 Å². The lowest BCUT2D eigenvalue weighted by molar-refractivity contribution is 0.145. The van der Waals surface area contributed by atoms with Gasteiger partial charge in [0.2, 0.25) is 5.88 Å². The Labute approximate surface area is 109 Å².